The Morgan fingerprint density at radius 3 is 1.95 bits per heavy atom. The first-order valence-electron chi connectivity index (χ1n) is 7.26. The summed E-state index contributed by atoms with van der Waals surface area (Å²) in [6.07, 6.45) is 0. The van der Waals surface area contributed by atoms with Crippen LogP contribution in [0.2, 0.25) is 0 Å². The molecule has 0 saturated heterocycles. The van der Waals surface area contributed by atoms with Crippen LogP contribution in [0.4, 0.5) is 5.00 Å². The van der Waals surface area contributed by atoms with Gasteiger partial charge >= 0.3 is 0 Å². The van der Waals surface area contributed by atoms with Crippen LogP contribution in [0.1, 0.15) is 0 Å². The van der Waals surface area contributed by atoms with Gasteiger partial charge in [-0.1, -0.05) is 72.8 Å². The van der Waals surface area contributed by atoms with Crippen LogP contribution in [0.25, 0.3) is 32.3 Å². The van der Waals surface area contributed by atoms with E-state index in [4.69, 9.17) is 5.73 Å². The first-order valence-corrected chi connectivity index (χ1v) is 8.08. The van der Waals surface area contributed by atoms with Crippen molar-refractivity contribution in [2.24, 2.45) is 0 Å². The van der Waals surface area contributed by atoms with E-state index in [0.717, 1.165) is 10.6 Å². The number of benzene rings is 3. The minimum Gasteiger partial charge on any atom is -0.390 e. The zero-order valence-corrected chi connectivity index (χ0v) is 12.8. The Morgan fingerprint density at radius 1 is 0.636 bits per heavy atom. The lowest BCUT2D eigenvalue weighted by atomic mass is 9.96. The topological polar surface area (TPSA) is 26.0 Å². The van der Waals surface area contributed by atoms with Crippen LogP contribution >= 0.6 is 11.3 Å². The van der Waals surface area contributed by atoms with Gasteiger partial charge in [0, 0.05) is 15.6 Å². The average Bonchev–Trinajstić information content (AvgIpc) is 2.92. The predicted octanol–water partition coefficient (Wildman–Crippen LogP) is 5.82. The lowest BCUT2D eigenvalue weighted by Gasteiger charge is -2.07. The molecule has 0 spiro atoms. The zero-order chi connectivity index (χ0) is 14.9. The van der Waals surface area contributed by atoms with Gasteiger partial charge in [0.05, 0.1) is 5.00 Å². The Morgan fingerprint density at radius 2 is 1.27 bits per heavy atom. The fraction of sp³-hybridized carbons (Fsp3) is 0. The summed E-state index contributed by atoms with van der Waals surface area (Å²) in [5.41, 5.74) is 11.1. The zero-order valence-electron chi connectivity index (χ0n) is 12.0. The summed E-state index contributed by atoms with van der Waals surface area (Å²) in [5.74, 6) is 0. The molecule has 0 fully saturated rings. The van der Waals surface area contributed by atoms with E-state index in [1.807, 2.05) is 12.1 Å². The highest BCUT2D eigenvalue weighted by atomic mass is 32.1. The van der Waals surface area contributed by atoms with Crippen molar-refractivity contribution in [3.05, 3.63) is 78.9 Å². The molecule has 0 unspecified atom stereocenters. The Bertz CT molecular complexity index is 924. The molecule has 4 rings (SSSR count). The van der Waals surface area contributed by atoms with Crippen molar-refractivity contribution < 1.29 is 0 Å². The van der Waals surface area contributed by atoms with Crippen molar-refractivity contribution in [3.8, 4) is 22.3 Å². The molecular formula is C20H15NS. The van der Waals surface area contributed by atoms with Gasteiger partial charge in [0.1, 0.15) is 0 Å². The first kappa shape index (κ1) is 13.1. The van der Waals surface area contributed by atoms with Gasteiger partial charge in [-0.15, -0.1) is 11.3 Å². The Balaban J connectivity index is 2.08. The molecule has 2 N–H and O–H groups in total. The van der Waals surface area contributed by atoms with E-state index >= 15 is 0 Å². The van der Waals surface area contributed by atoms with E-state index in [1.54, 1.807) is 11.3 Å². The van der Waals surface area contributed by atoms with Gasteiger partial charge in [0.2, 0.25) is 0 Å². The van der Waals surface area contributed by atoms with Gasteiger partial charge in [0.25, 0.3) is 0 Å². The first-order chi connectivity index (χ1) is 10.8. The van der Waals surface area contributed by atoms with E-state index in [2.05, 4.69) is 66.7 Å². The van der Waals surface area contributed by atoms with Crippen molar-refractivity contribution >= 4 is 26.4 Å². The summed E-state index contributed by atoms with van der Waals surface area (Å²) in [4.78, 5) is 0. The van der Waals surface area contributed by atoms with E-state index in [1.165, 1.54) is 26.8 Å². The normalized spacial score (nSPS) is 10.9. The third-order valence-corrected chi connectivity index (χ3v) is 4.87. The summed E-state index contributed by atoms with van der Waals surface area (Å²) in [7, 11) is 0. The molecule has 22 heavy (non-hydrogen) atoms. The van der Waals surface area contributed by atoms with Crippen molar-refractivity contribution in [1.82, 2.24) is 0 Å². The molecule has 0 atom stereocenters. The maximum Gasteiger partial charge on any atom is 0.0948 e. The molecule has 0 amide bonds. The van der Waals surface area contributed by atoms with Gasteiger partial charge in [-0.25, -0.2) is 0 Å². The van der Waals surface area contributed by atoms with Gasteiger partial charge in [-0.3, -0.25) is 0 Å². The Hall–Kier alpha value is -2.58. The third-order valence-electron chi connectivity index (χ3n) is 3.89. The Labute approximate surface area is 133 Å². The highest BCUT2D eigenvalue weighted by molar-refractivity contribution is 7.23. The highest BCUT2D eigenvalue weighted by Gasteiger charge is 2.15. The van der Waals surface area contributed by atoms with Crippen molar-refractivity contribution in [1.29, 1.82) is 0 Å². The standard InChI is InChI=1S/C20H15NS/c21-20-18(15-10-5-2-6-11-15)19-16(12-7-13-17(19)22-20)14-8-3-1-4-9-14/h1-13H,21H2. The fourth-order valence-corrected chi connectivity index (χ4v) is 3.94. The monoisotopic (exact) mass is 301 g/mol. The number of hydrogen-bond donors (Lipinski definition) is 1. The molecule has 0 radical (unpaired) electrons. The number of thiophene rings is 1. The highest BCUT2D eigenvalue weighted by Crippen LogP contribution is 2.45. The maximum atomic E-state index is 6.35. The maximum absolute atomic E-state index is 6.35. The molecule has 3 aromatic carbocycles. The molecule has 1 aromatic heterocycles. The average molecular weight is 301 g/mol. The van der Waals surface area contributed by atoms with E-state index in [-0.39, 0.29) is 0 Å². The van der Waals surface area contributed by atoms with Gasteiger partial charge in [0.15, 0.2) is 0 Å². The molecule has 0 aliphatic carbocycles. The lowest BCUT2D eigenvalue weighted by molar-refractivity contribution is 1.65. The van der Waals surface area contributed by atoms with Crippen molar-refractivity contribution in [2.75, 3.05) is 5.73 Å². The van der Waals surface area contributed by atoms with E-state index in [9.17, 15) is 0 Å². The fourth-order valence-electron chi connectivity index (χ4n) is 2.92. The van der Waals surface area contributed by atoms with Crippen LogP contribution < -0.4 is 5.73 Å². The van der Waals surface area contributed by atoms with Crippen molar-refractivity contribution in [2.45, 2.75) is 0 Å². The van der Waals surface area contributed by atoms with Crippen LogP contribution in [0.5, 0.6) is 0 Å². The number of fused-ring (bicyclic) bond motifs is 1. The molecule has 0 aliphatic rings. The number of anilines is 1. The molecule has 2 heteroatoms. The molecular weight excluding hydrogens is 286 g/mol. The largest absolute Gasteiger partial charge is 0.390 e. The van der Waals surface area contributed by atoms with Gasteiger partial charge in [-0.05, 0) is 22.8 Å². The van der Waals surface area contributed by atoms with Crippen LogP contribution in [0, 0.1) is 0 Å². The van der Waals surface area contributed by atoms with Crippen LogP contribution in [-0.4, -0.2) is 0 Å². The molecule has 0 saturated carbocycles. The third kappa shape index (κ3) is 2.09. The molecule has 1 heterocycles. The van der Waals surface area contributed by atoms with E-state index in [0.29, 0.717) is 0 Å². The summed E-state index contributed by atoms with van der Waals surface area (Å²) in [5, 5.41) is 2.13. The molecule has 106 valence electrons. The molecule has 1 nitrogen and oxygen atoms in total. The van der Waals surface area contributed by atoms with Crippen LogP contribution in [0.3, 0.4) is 0 Å². The second-order valence-electron chi connectivity index (χ2n) is 5.25. The lowest BCUT2D eigenvalue weighted by Crippen LogP contribution is -1.86. The molecule has 0 bridgehead atoms. The summed E-state index contributed by atoms with van der Waals surface area (Å²) in [6, 6.07) is 27.3. The minimum atomic E-state index is 0.879. The summed E-state index contributed by atoms with van der Waals surface area (Å²) >= 11 is 1.66. The van der Waals surface area contributed by atoms with E-state index < -0.39 is 0 Å². The molecule has 0 aliphatic heterocycles. The van der Waals surface area contributed by atoms with Crippen molar-refractivity contribution in [3.63, 3.8) is 0 Å². The number of nitrogens with two attached hydrogens (primary N) is 1. The number of rotatable bonds is 2. The number of nitrogen functional groups attached to an aromatic ring is 1. The van der Waals surface area contributed by atoms with Gasteiger partial charge < -0.3 is 5.73 Å². The SMILES string of the molecule is Nc1sc2cccc(-c3ccccc3)c2c1-c1ccccc1. The van der Waals surface area contributed by atoms with Crippen LogP contribution in [0.15, 0.2) is 78.9 Å². The summed E-state index contributed by atoms with van der Waals surface area (Å²) < 4.78 is 1.23. The summed E-state index contributed by atoms with van der Waals surface area (Å²) in [6.45, 7) is 0. The quantitative estimate of drug-likeness (QED) is 0.496. The molecule has 4 aromatic rings. The smallest absolute Gasteiger partial charge is 0.0948 e. The van der Waals surface area contributed by atoms with Crippen LogP contribution in [-0.2, 0) is 0 Å². The predicted molar refractivity (Wildman–Crippen MR) is 97.1 cm³/mol. The number of hydrogen-bond acceptors (Lipinski definition) is 2. The second kappa shape index (κ2) is 5.32. The minimum absolute atomic E-state index is 0.879. The van der Waals surface area contributed by atoms with Gasteiger partial charge in [-0.2, -0.15) is 0 Å². The second-order valence-corrected chi connectivity index (χ2v) is 6.34. The Kier molecular flexibility index (Phi) is 3.17.